The van der Waals surface area contributed by atoms with Crippen molar-refractivity contribution in [1.29, 1.82) is 0 Å². The fraction of sp³-hybridized carbons (Fsp3) is 0.429. The van der Waals surface area contributed by atoms with E-state index in [1.54, 1.807) is 7.11 Å². The van der Waals surface area contributed by atoms with Gasteiger partial charge in [0.25, 0.3) is 0 Å². The molecule has 0 aliphatic carbocycles. The van der Waals surface area contributed by atoms with Gasteiger partial charge in [0.05, 0.1) is 17.3 Å². The summed E-state index contributed by atoms with van der Waals surface area (Å²) in [5, 5.41) is 0.711. The van der Waals surface area contributed by atoms with Crippen LogP contribution < -0.4 is 10.6 Å². The predicted molar refractivity (Wildman–Crippen MR) is 78.3 cm³/mol. The van der Waals surface area contributed by atoms with Gasteiger partial charge in [-0.1, -0.05) is 23.7 Å². The zero-order chi connectivity index (χ0) is 13.5. The van der Waals surface area contributed by atoms with Crippen molar-refractivity contribution in [3.63, 3.8) is 0 Å². The molecule has 0 saturated heterocycles. The SMILES string of the molecule is C=CCN(CCOC)c1ccc([C@H](C)N)cc1Cl. The van der Waals surface area contributed by atoms with Gasteiger partial charge in [0, 0.05) is 26.2 Å². The third kappa shape index (κ3) is 4.02. The molecule has 0 fully saturated rings. The van der Waals surface area contributed by atoms with Gasteiger partial charge in [-0.2, -0.15) is 0 Å². The molecule has 0 aromatic heterocycles. The lowest BCUT2D eigenvalue weighted by Gasteiger charge is -2.24. The van der Waals surface area contributed by atoms with E-state index in [9.17, 15) is 0 Å². The second-order valence-corrected chi connectivity index (χ2v) is 4.63. The summed E-state index contributed by atoms with van der Waals surface area (Å²) in [7, 11) is 1.69. The number of halogens is 1. The van der Waals surface area contributed by atoms with Crippen LogP contribution in [0.3, 0.4) is 0 Å². The molecule has 0 radical (unpaired) electrons. The van der Waals surface area contributed by atoms with Crippen molar-refractivity contribution in [2.45, 2.75) is 13.0 Å². The van der Waals surface area contributed by atoms with Crippen LogP contribution >= 0.6 is 11.6 Å². The summed E-state index contributed by atoms with van der Waals surface area (Å²) in [6.07, 6.45) is 1.85. The summed E-state index contributed by atoms with van der Waals surface area (Å²) in [5.41, 5.74) is 7.86. The number of anilines is 1. The summed E-state index contributed by atoms with van der Waals surface area (Å²) < 4.78 is 5.10. The topological polar surface area (TPSA) is 38.5 Å². The van der Waals surface area contributed by atoms with E-state index in [1.807, 2.05) is 31.2 Å². The van der Waals surface area contributed by atoms with Crippen molar-refractivity contribution in [3.05, 3.63) is 41.4 Å². The first-order valence-corrected chi connectivity index (χ1v) is 6.37. The number of rotatable bonds is 7. The minimum atomic E-state index is -0.0108. The van der Waals surface area contributed by atoms with E-state index in [0.29, 0.717) is 11.6 Å². The van der Waals surface area contributed by atoms with Crippen LogP contribution in [0.15, 0.2) is 30.9 Å². The van der Waals surface area contributed by atoms with E-state index in [0.717, 1.165) is 24.3 Å². The molecule has 0 aliphatic rings. The smallest absolute Gasteiger partial charge is 0.0643 e. The highest BCUT2D eigenvalue weighted by Crippen LogP contribution is 2.28. The number of nitrogens with zero attached hydrogens (tertiary/aromatic N) is 1. The Morgan fingerprint density at radius 2 is 2.28 bits per heavy atom. The summed E-state index contributed by atoms with van der Waals surface area (Å²) in [4.78, 5) is 2.13. The molecule has 0 bridgehead atoms. The summed E-state index contributed by atoms with van der Waals surface area (Å²) in [6, 6.07) is 5.92. The minimum absolute atomic E-state index is 0.0108. The number of hydrogen-bond donors (Lipinski definition) is 1. The normalized spacial score (nSPS) is 12.2. The zero-order valence-electron chi connectivity index (χ0n) is 11.0. The highest BCUT2D eigenvalue weighted by Gasteiger charge is 2.10. The molecule has 1 atom stereocenters. The standard InChI is InChI=1S/C14H21ClN2O/c1-4-7-17(8-9-18-3)14-6-5-12(11(2)16)10-13(14)15/h4-6,10-11H,1,7-9,16H2,2-3H3/t11-/m0/s1. The first-order valence-electron chi connectivity index (χ1n) is 6.00. The van der Waals surface area contributed by atoms with E-state index >= 15 is 0 Å². The lowest BCUT2D eigenvalue weighted by molar-refractivity contribution is 0.206. The maximum absolute atomic E-state index is 6.31. The first kappa shape index (κ1) is 15.0. The highest BCUT2D eigenvalue weighted by molar-refractivity contribution is 6.33. The van der Waals surface area contributed by atoms with Crippen LogP contribution in [-0.2, 0) is 4.74 Å². The van der Waals surface area contributed by atoms with E-state index in [1.165, 1.54) is 0 Å². The number of methoxy groups -OCH3 is 1. The summed E-state index contributed by atoms with van der Waals surface area (Å²) in [6.45, 7) is 7.87. The molecule has 1 rings (SSSR count). The highest BCUT2D eigenvalue weighted by atomic mass is 35.5. The molecule has 0 aliphatic heterocycles. The summed E-state index contributed by atoms with van der Waals surface area (Å²) in [5.74, 6) is 0. The van der Waals surface area contributed by atoms with Crippen LogP contribution in [0, 0.1) is 0 Å². The number of ether oxygens (including phenoxy) is 1. The Hall–Kier alpha value is -1.03. The van der Waals surface area contributed by atoms with Crippen LogP contribution in [0.4, 0.5) is 5.69 Å². The largest absolute Gasteiger partial charge is 0.383 e. The van der Waals surface area contributed by atoms with Gasteiger partial charge in [-0.05, 0) is 24.6 Å². The molecule has 3 nitrogen and oxygen atoms in total. The van der Waals surface area contributed by atoms with E-state index in [2.05, 4.69) is 11.5 Å². The Morgan fingerprint density at radius 3 is 2.78 bits per heavy atom. The molecule has 100 valence electrons. The third-order valence-corrected chi connectivity index (χ3v) is 3.06. The number of hydrogen-bond acceptors (Lipinski definition) is 3. The second kappa shape index (κ2) is 7.41. The molecular weight excluding hydrogens is 248 g/mol. The van der Waals surface area contributed by atoms with Crippen molar-refractivity contribution >= 4 is 17.3 Å². The molecule has 0 amide bonds. The number of benzene rings is 1. The predicted octanol–water partition coefficient (Wildman–Crippen LogP) is 3.00. The fourth-order valence-electron chi connectivity index (χ4n) is 1.73. The van der Waals surface area contributed by atoms with Gasteiger partial charge in [-0.3, -0.25) is 0 Å². The van der Waals surface area contributed by atoms with E-state index in [4.69, 9.17) is 22.1 Å². The Balaban J connectivity index is 2.93. The van der Waals surface area contributed by atoms with Gasteiger partial charge in [-0.15, -0.1) is 6.58 Å². The summed E-state index contributed by atoms with van der Waals surface area (Å²) >= 11 is 6.31. The van der Waals surface area contributed by atoms with Crippen LogP contribution in [-0.4, -0.2) is 26.8 Å². The molecular formula is C14H21ClN2O. The molecule has 0 spiro atoms. The molecule has 0 unspecified atom stereocenters. The minimum Gasteiger partial charge on any atom is -0.383 e. The van der Waals surface area contributed by atoms with Crippen molar-refractivity contribution in [2.75, 3.05) is 31.7 Å². The van der Waals surface area contributed by atoms with E-state index in [-0.39, 0.29) is 6.04 Å². The molecule has 1 aromatic carbocycles. The van der Waals surface area contributed by atoms with Crippen molar-refractivity contribution in [1.82, 2.24) is 0 Å². The second-order valence-electron chi connectivity index (χ2n) is 4.23. The fourth-order valence-corrected chi connectivity index (χ4v) is 2.04. The number of nitrogens with two attached hydrogens (primary N) is 1. The Morgan fingerprint density at radius 1 is 1.56 bits per heavy atom. The van der Waals surface area contributed by atoms with E-state index < -0.39 is 0 Å². The Bertz CT molecular complexity index is 393. The van der Waals surface area contributed by atoms with Gasteiger partial charge in [0.1, 0.15) is 0 Å². The van der Waals surface area contributed by atoms with Gasteiger partial charge in [0.2, 0.25) is 0 Å². The molecule has 1 aromatic rings. The lowest BCUT2D eigenvalue weighted by Crippen LogP contribution is -2.27. The Kier molecular flexibility index (Phi) is 6.19. The van der Waals surface area contributed by atoms with Crippen molar-refractivity contribution in [2.24, 2.45) is 5.73 Å². The lowest BCUT2D eigenvalue weighted by atomic mass is 10.1. The van der Waals surface area contributed by atoms with Crippen molar-refractivity contribution in [3.8, 4) is 0 Å². The zero-order valence-corrected chi connectivity index (χ0v) is 11.8. The molecule has 0 saturated carbocycles. The maximum atomic E-state index is 6.31. The maximum Gasteiger partial charge on any atom is 0.0643 e. The third-order valence-electron chi connectivity index (χ3n) is 2.75. The molecule has 0 heterocycles. The average molecular weight is 269 g/mol. The molecule has 18 heavy (non-hydrogen) atoms. The quantitative estimate of drug-likeness (QED) is 0.773. The monoisotopic (exact) mass is 268 g/mol. The van der Waals surface area contributed by atoms with Crippen LogP contribution in [0.5, 0.6) is 0 Å². The molecule has 2 N–H and O–H groups in total. The van der Waals surface area contributed by atoms with Crippen LogP contribution in [0.25, 0.3) is 0 Å². The van der Waals surface area contributed by atoms with Gasteiger partial charge in [0.15, 0.2) is 0 Å². The van der Waals surface area contributed by atoms with Crippen LogP contribution in [0.2, 0.25) is 5.02 Å². The van der Waals surface area contributed by atoms with Gasteiger partial charge >= 0.3 is 0 Å². The van der Waals surface area contributed by atoms with Gasteiger partial charge in [-0.25, -0.2) is 0 Å². The van der Waals surface area contributed by atoms with Crippen LogP contribution in [0.1, 0.15) is 18.5 Å². The van der Waals surface area contributed by atoms with Gasteiger partial charge < -0.3 is 15.4 Å². The first-order chi connectivity index (χ1) is 8.60. The molecule has 4 heteroatoms. The van der Waals surface area contributed by atoms with Crippen molar-refractivity contribution < 1.29 is 4.74 Å². The average Bonchev–Trinajstić information content (AvgIpc) is 2.34. The Labute approximate surface area is 114 Å².